The van der Waals surface area contributed by atoms with Crippen LogP contribution in [0.4, 0.5) is 0 Å². The van der Waals surface area contributed by atoms with Crippen LogP contribution in [0.1, 0.15) is 30.9 Å². The van der Waals surface area contributed by atoms with Crippen molar-refractivity contribution in [3.63, 3.8) is 0 Å². The van der Waals surface area contributed by atoms with Gasteiger partial charge in [-0.1, -0.05) is 30.3 Å². The van der Waals surface area contributed by atoms with Gasteiger partial charge in [0, 0.05) is 32.7 Å². The van der Waals surface area contributed by atoms with E-state index < -0.39 is 0 Å². The molecule has 138 valence electrons. The number of carbonyl (C=O) groups excluding carboxylic acids is 1. The van der Waals surface area contributed by atoms with Crippen molar-refractivity contribution in [3.05, 3.63) is 35.9 Å². The zero-order valence-electron chi connectivity index (χ0n) is 15.4. The predicted molar refractivity (Wildman–Crippen MR) is 101 cm³/mol. The molecule has 1 amide bonds. The van der Waals surface area contributed by atoms with E-state index in [4.69, 9.17) is 0 Å². The smallest absolute Gasteiger partial charge is 0.241 e. The maximum Gasteiger partial charge on any atom is 0.241 e. The van der Waals surface area contributed by atoms with Gasteiger partial charge in [0.15, 0.2) is 0 Å². The Kier molecular flexibility index (Phi) is 6.84. The summed E-state index contributed by atoms with van der Waals surface area (Å²) in [6.07, 6.45) is 3.61. The number of nitrogens with one attached hydrogen (secondary N) is 2. The number of carbonyl (C=O) groups is 1. The Hall–Kier alpha value is -1.43. The quantitative estimate of drug-likeness (QED) is 0.821. The number of likely N-dealkylation sites (N-methyl/N-ethyl adjacent to an activating group) is 1. The summed E-state index contributed by atoms with van der Waals surface area (Å²) in [5.41, 5.74) is 1.10. The Balaban J connectivity index is 1.59. The molecule has 5 nitrogen and oxygen atoms in total. The van der Waals surface area contributed by atoms with Gasteiger partial charge in [-0.3, -0.25) is 9.69 Å². The third-order valence-electron chi connectivity index (χ3n) is 5.52. The van der Waals surface area contributed by atoms with Gasteiger partial charge in [-0.05, 0) is 50.9 Å². The predicted octanol–water partition coefficient (Wildman–Crippen LogP) is 1.48. The third kappa shape index (κ3) is 5.27. The first kappa shape index (κ1) is 18.4. The van der Waals surface area contributed by atoms with E-state index in [1.807, 2.05) is 18.2 Å². The molecule has 2 fully saturated rings. The van der Waals surface area contributed by atoms with Crippen LogP contribution in [-0.4, -0.2) is 68.6 Å². The van der Waals surface area contributed by atoms with Gasteiger partial charge in [0.25, 0.3) is 0 Å². The van der Waals surface area contributed by atoms with Gasteiger partial charge < -0.3 is 15.5 Å². The lowest BCUT2D eigenvalue weighted by atomic mass is 9.96. The van der Waals surface area contributed by atoms with Crippen molar-refractivity contribution >= 4 is 5.91 Å². The van der Waals surface area contributed by atoms with Crippen LogP contribution in [0.5, 0.6) is 0 Å². The number of piperidine rings is 1. The summed E-state index contributed by atoms with van der Waals surface area (Å²) in [4.78, 5) is 17.6. The summed E-state index contributed by atoms with van der Waals surface area (Å²) in [6.45, 7) is 6.93. The first-order valence-corrected chi connectivity index (χ1v) is 9.70. The van der Waals surface area contributed by atoms with Crippen LogP contribution in [0, 0.1) is 5.92 Å². The number of hydrogen-bond acceptors (Lipinski definition) is 4. The van der Waals surface area contributed by atoms with Crippen LogP contribution in [0.2, 0.25) is 0 Å². The van der Waals surface area contributed by atoms with Gasteiger partial charge >= 0.3 is 0 Å². The molecule has 2 heterocycles. The summed E-state index contributed by atoms with van der Waals surface area (Å²) in [6, 6.07) is 10.1. The molecule has 3 rings (SSSR count). The maximum atomic E-state index is 13.0. The first-order chi connectivity index (χ1) is 12.2. The molecule has 2 aliphatic rings. The van der Waals surface area contributed by atoms with E-state index in [1.54, 1.807) is 0 Å². The van der Waals surface area contributed by atoms with Crippen molar-refractivity contribution < 1.29 is 4.79 Å². The summed E-state index contributed by atoms with van der Waals surface area (Å²) in [7, 11) is 2.15. The molecule has 2 unspecified atom stereocenters. The van der Waals surface area contributed by atoms with Crippen molar-refractivity contribution in [3.8, 4) is 0 Å². The molecule has 0 spiro atoms. The van der Waals surface area contributed by atoms with Crippen LogP contribution in [0.25, 0.3) is 0 Å². The standard InChI is InChI=1S/C20H32N4O/c1-23-12-14-24(15-13-23)19(18-7-3-2-4-8-18)20(25)22-11-9-17-6-5-10-21-16-17/h2-4,7-8,17,19,21H,5-6,9-16H2,1H3,(H,22,25). The second-order valence-corrected chi connectivity index (χ2v) is 7.44. The van der Waals surface area contributed by atoms with Gasteiger partial charge in [-0.15, -0.1) is 0 Å². The Labute approximate surface area is 151 Å². The third-order valence-corrected chi connectivity index (χ3v) is 5.52. The average Bonchev–Trinajstić information content (AvgIpc) is 2.65. The van der Waals surface area contributed by atoms with E-state index >= 15 is 0 Å². The molecule has 5 heteroatoms. The Morgan fingerprint density at radius 1 is 1.24 bits per heavy atom. The lowest BCUT2D eigenvalue weighted by Gasteiger charge is -2.37. The minimum atomic E-state index is -0.167. The highest BCUT2D eigenvalue weighted by molar-refractivity contribution is 5.83. The lowest BCUT2D eigenvalue weighted by molar-refractivity contribution is -0.127. The molecule has 1 aromatic rings. The highest BCUT2D eigenvalue weighted by Crippen LogP contribution is 2.22. The number of amides is 1. The molecule has 0 bridgehead atoms. The molecule has 25 heavy (non-hydrogen) atoms. The average molecular weight is 345 g/mol. The molecule has 0 saturated carbocycles. The zero-order chi connectivity index (χ0) is 17.5. The van der Waals surface area contributed by atoms with E-state index in [-0.39, 0.29) is 11.9 Å². The van der Waals surface area contributed by atoms with Crippen LogP contribution >= 0.6 is 0 Å². The van der Waals surface area contributed by atoms with Crippen molar-refractivity contribution in [1.82, 2.24) is 20.4 Å². The minimum Gasteiger partial charge on any atom is -0.354 e. The fourth-order valence-corrected chi connectivity index (χ4v) is 3.91. The highest BCUT2D eigenvalue weighted by atomic mass is 16.2. The lowest BCUT2D eigenvalue weighted by Crippen LogP contribution is -2.50. The first-order valence-electron chi connectivity index (χ1n) is 9.70. The maximum absolute atomic E-state index is 13.0. The van der Waals surface area contributed by atoms with Crippen molar-refractivity contribution in [1.29, 1.82) is 0 Å². The van der Waals surface area contributed by atoms with Gasteiger partial charge in [0.1, 0.15) is 6.04 Å². The number of rotatable bonds is 6. The molecule has 2 saturated heterocycles. The molecule has 0 aliphatic carbocycles. The van der Waals surface area contributed by atoms with E-state index in [1.165, 1.54) is 12.8 Å². The van der Waals surface area contributed by atoms with Gasteiger partial charge in [0.2, 0.25) is 5.91 Å². The molecule has 1 aromatic carbocycles. The Morgan fingerprint density at radius 3 is 2.68 bits per heavy atom. The Bertz CT molecular complexity index is 522. The fourth-order valence-electron chi connectivity index (χ4n) is 3.91. The van der Waals surface area contributed by atoms with E-state index in [2.05, 4.69) is 39.6 Å². The van der Waals surface area contributed by atoms with Gasteiger partial charge in [0.05, 0.1) is 0 Å². The summed E-state index contributed by atoms with van der Waals surface area (Å²) in [5, 5.41) is 6.67. The summed E-state index contributed by atoms with van der Waals surface area (Å²) < 4.78 is 0. The second kappa shape index (κ2) is 9.32. The zero-order valence-corrected chi connectivity index (χ0v) is 15.4. The van der Waals surface area contributed by atoms with Gasteiger partial charge in [-0.25, -0.2) is 0 Å². The monoisotopic (exact) mass is 344 g/mol. The van der Waals surface area contributed by atoms with E-state index in [0.29, 0.717) is 5.92 Å². The summed E-state index contributed by atoms with van der Waals surface area (Å²) in [5.74, 6) is 0.854. The molecule has 2 aliphatic heterocycles. The largest absolute Gasteiger partial charge is 0.354 e. The van der Waals surface area contributed by atoms with E-state index in [0.717, 1.165) is 57.8 Å². The molecular weight excluding hydrogens is 312 g/mol. The number of nitrogens with zero attached hydrogens (tertiary/aromatic N) is 2. The molecule has 0 aromatic heterocycles. The van der Waals surface area contributed by atoms with Gasteiger partial charge in [-0.2, -0.15) is 0 Å². The Morgan fingerprint density at radius 2 is 2.00 bits per heavy atom. The van der Waals surface area contributed by atoms with E-state index in [9.17, 15) is 4.79 Å². The van der Waals surface area contributed by atoms with Crippen LogP contribution in [0.3, 0.4) is 0 Å². The molecular formula is C20H32N4O. The van der Waals surface area contributed by atoms with Crippen LogP contribution in [-0.2, 0) is 4.79 Å². The number of hydrogen-bond donors (Lipinski definition) is 2. The van der Waals surface area contributed by atoms with Crippen LogP contribution < -0.4 is 10.6 Å². The molecule has 2 N–H and O–H groups in total. The SMILES string of the molecule is CN1CCN(C(C(=O)NCCC2CCCNC2)c2ccccc2)CC1. The molecule has 2 atom stereocenters. The van der Waals surface area contributed by atoms with Crippen molar-refractivity contribution in [2.45, 2.75) is 25.3 Å². The molecule has 0 radical (unpaired) electrons. The second-order valence-electron chi connectivity index (χ2n) is 7.44. The van der Waals surface area contributed by atoms with Crippen molar-refractivity contribution in [2.24, 2.45) is 5.92 Å². The normalized spacial score (nSPS) is 24.0. The number of piperazine rings is 1. The highest BCUT2D eigenvalue weighted by Gasteiger charge is 2.29. The minimum absolute atomic E-state index is 0.152. The number of benzene rings is 1. The fraction of sp³-hybridized carbons (Fsp3) is 0.650. The van der Waals surface area contributed by atoms with Crippen molar-refractivity contribution in [2.75, 3.05) is 52.9 Å². The topological polar surface area (TPSA) is 47.6 Å². The summed E-state index contributed by atoms with van der Waals surface area (Å²) >= 11 is 0. The van der Waals surface area contributed by atoms with Crippen LogP contribution in [0.15, 0.2) is 30.3 Å².